The second-order valence-corrected chi connectivity index (χ2v) is 4.83. The Balaban J connectivity index is 2.16. The number of unbranched alkanes of at least 4 members (excludes halogenated alkanes) is 2. The Morgan fingerprint density at radius 3 is 2.95 bits per heavy atom. The summed E-state index contributed by atoms with van der Waals surface area (Å²) in [7, 11) is 0. The number of rotatable bonds is 7. The molecule has 0 aliphatic heterocycles. The van der Waals surface area contributed by atoms with Crippen molar-refractivity contribution in [3.8, 4) is 0 Å². The number of pyridine rings is 1. The van der Waals surface area contributed by atoms with Gasteiger partial charge in [0.05, 0.1) is 0 Å². The van der Waals surface area contributed by atoms with Gasteiger partial charge in [0.25, 0.3) is 0 Å². The Labute approximate surface area is 126 Å². The molecular formula is C14H23N5S. The summed E-state index contributed by atoms with van der Waals surface area (Å²) in [4.78, 5) is 8.45. The molecular weight excluding hydrogens is 270 g/mol. The molecule has 0 radical (unpaired) electrons. The molecule has 4 N–H and O–H groups in total. The van der Waals surface area contributed by atoms with Gasteiger partial charge in [-0.2, -0.15) is 0 Å². The molecule has 20 heavy (non-hydrogen) atoms. The minimum Gasteiger partial charge on any atom is -0.370 e. The SMILES string of the molecule is CCCCCN=C(N)NC(=S)NCCc1ccccn1. The maximum atomic E-state index is 5.74. The Morgan fingerprint density at radius 2 is 2.25 bits per heavy atom. The largest absolute Gasteiger partial charge is 0.370 e. The zero-order valence-corrected chi connectivity index (χ0v) is 12.7. The molecule has 0 saturated carbocycles. The summed E-state index contributed by atoms with van der Waals surface area (Å²) in [6.07, 6.45) is 6.00. The first-order chi connectivity index (χ1) is 9.72. The summed E-state index contributed by atoms with van der Waals surface area (Å²) in [6.45, 7) is 3.61. The van der Waals surface area contributed by atoms with E-state index in [2.05, 4.69) is 27.5 Å². The van der Waals surface area contributed by atoms with E-state index in [1.165, 1.54) is 12.8 Å². The van der Waals surface area contributed by atoms with E-state index in [0.29, 0.717) is 17.6 Å². The van der Waals surface area contributed by atoms with Crippen molar-refractivity contribution >= 4 is 23.3 Å². The van der Waals surface area contributed by atoms with Crippen molar-refractivity contribution in [2.45, 2.75) is 32.6 Å². The van der Waals surface area contributed by atoms with Crippen molar-refractivity contribution in [2.24, 2.45) is 10.7 Å². The predicted molar refractivity (Wildman–Crippen MR) is 87.7 cm³/mol. The van der Waals surface area contributed by atoms with Gasteiger partial charge >= 0.3 is 0 Å². The van der Waals surface area contributed by atoms with Crippen LogP contribution in [-0.2, 0) is 6.42 Å². The van der Waals surface area contributed by atoms with E-state index in [4.69, 9.17) is 18.0 Å². The highest BCUT2D eigenvalue weighted by Gasteiger charge is 1.98. The first-order valence-electron chi connectivity index (χ1n) is 6.97. The summed E-state index contributed by atoms with van der Waals surface area (Å²) in [5, 5.41) is 6.45. The van der Waals surface area contributed by atoms with Crippen molar-refractivity contribution in [3.05, 3.63) is 30.1 Å². The van der Waals surface area contributed by atoms with Crippen LogP contribution in [0.5, 0.6) is 0 Å². The van der Waals surface area contributed by atoms with Crippen LogP contribution in [0.1, 0.15) is 31.9 Å². The molecule has 1 aromatic heterocycles. The summed E-state index contributed by atoms with van der Waals surface area (Å²) >= 11 is 5.14. The number of nitrogens with two attached hydrogens (primary N) is 1. The lowest BCUT2D eigenvalue weighted by atomic mass is 10.2. The molecule has 0 bridgehead atoms. The third kappa shape index (κ3) is 7.68. The minimum absolute atomic E-state index is 0.372. The number of thiocarbonyl (C=S) groups is 1. The molecule has 0 atom stereocenters. The molecule has 110 valence electrons. The zero-order valence-electron chi connectivity index (χ0n) is 11.9. The molecule has 0 aromatic carbocycles. The van der Waals surface area contributed by atoms with E-state index < -0.39 is 0 Å². The molecule has 1 aromatic rings. The van der Waals surface area contributed by atoms with Gasteiger partial charge in [-0.1, -0.05) is 25.8 Å². The van der Waals surface area contributed by atoms with Crippen molar-refractivity contribution in [1.82, 2.24) is 15.6 Å². The van der Waals surface area contributed by atoms with Crippen molar-refractivity contribution in [1.29, 1.82) is 0 Å². The Morgan fingerprint density at radius 1 is 1.40 bits per heavy atom. The highest BCUT2D eigenvalue weighted by atomic mass is 32.1. The number of hydrogen-bond donors (Lipinski definition) is 3. The number of guanidine groups is 1. The van der Waals surface area contributed by atoms with Gasteiger partial charge in [-0.3, -0.25) is 9.98 Å². The topological polar surface area (TPSA) is 75.3 Å². The molecule has 1 rings (SSSR count). The van der Waals surface area contributed by atoms with Gasteiger partial charge in [0.1, 0.15) is 0 Å². The third-order valence-electron chi connectivity index (χ3n) is 2.68. The summed E-state index contributed by atoms with van der Waals surface area (Å²) < 4.78 is 0. The van der Waals surface area contributed by atoms with E-state index in [0.717, 1.165) is 25.1 Å². The van der Waals surface area contributed by atoms with Gasteiger partial charge in [-0.15, -0.1) is 0 Å². The number of nitrogens with one attached hydrogen (secondary N) is 2. The van der Waals surface area contributed by atoms with Crippen molar-refractivity contribution < 1.29 is 0 Å². The van der Waals surface area contributed by atoms with Crippen molar-refractivity contribution in [3.63, 3.8) is 0 Å². The quantitative estimate of drug-likeness (QED) is 0.308. The Hall–Kier alpha value is -1.69. The van der Waals surface area contributed by atoms with E-state index in [9.17, 15) is 0 Å². The number of hydrogen-bond acceptors (Lipinski definition) is 3. The van der Waals surface area contributed by atoms with E-state index in [1.54, 1.807) is 6.20 Å². The maximum Gasteiger partial charge on any atom is 0.194 e. The molecule has 0 spiro atoms. The number of nitrogens with zero attached hydrogens (tertiary/aromatic N) is 2. The lowest BCUT2D eigenvalue weighted by molar-refractivity contribution is 0.726. The smallest absolute Gasteiger partial charge is 0.194 e. The zero-order chi connectivity index (χ0) is 14.6. The number of aliphatic imine (C=N–C) groups is 1. The molecule has 0 unspecified atom stereocenters. The Kier molecular flexibility index (Phi) is 8.30. The number of aromatic nitrogens is 1. The van der Waals surface area contributed by atoms with Crippen LogP contribution in [0.15, 0.2) is 29.4 Å². The predicted octanol–water partition coefficient (Wildman–Crippen LogP) is 1.59. The molecule has 0 aliphatic carbocycles. The fourth-order valence-electron chi connectivity index (χ4n) is 1.61. The monoisotopic (exact) mass is 293 g/mol. The van der Waals surface area contributed by atoms with E-state index >= 15 is 0 Å². The highest BCUT2D eigenvalue weighted by molar-refractivity contribution is 7.80. The van der Waals surface area contributed by atoms with E-state index in [-0.39, 0.29) is 0 Å². The van der Waals surface area contributed by atoms with Crippen LogP contribution in [0, 0.1) is 0 Å². The fraction of sp³-hybridized carbons (Fsp3) is 0.500. The van der Waals surface area contributed by atoms with Gasteiger partial charge in [-0.25, -0.2) is 0 Å². The summed E-state index contributed by atoms with van der Waals surface area (Å²) in [5.41, 5.74) is 6.77. The molecule has 5 nitrogen and oxygen atoms in total. The van der Waals surface area contributed by atoms with Crippen LogP contribution in [0.4, 0.5) is 0 Å². The summed E-state index contributed by atoms with van der Waals surface area (Å²) in [5.74, 6) is 0.372. The molecule has 6 heteroatoms. The van der Waals surface area contributed by atoms with Crippen molar-refractivity contribution in [2.75, 3.05) is 13.1 Å². The van der Waals surface area contributed by atoms with Crippen LogP contribution < -0.4 is 16.4 Å². The lowest BCUT2D eigenvalue weighted by Crippen LogP contribution is -2.43. The average Bonchev–Trinajstić information content (AvgIpc) is 2.45. The molecule has 0 amide bonds. The lowest BCUT2D eigenvalue weighted by Gasteiger charge is -2.09. The fourth-order valence-corrected chi connectivity index (χ4v) is 1.82. The molecule has 1 heterocycles. The normalized spacial score (nSPS) is 11.2. The second-order valence-electron chi connectivity index (χ2n) is 4.43. The van der Waals surface area contributed by atoms with Crippen LogP contribution in [0.2, 0.25) is 0 Å². The third-order valence-corrected chi connectivity index (χ3v) is 2.92. The van der Waals surface area contributed by atoms with Gasteiger partial charge in [0.15, 0.2) is 11.1 Å². The minimum atomic E-state index is 0.372. The molecule has 0 fully saturated rings. The first kappa shape index (κ1) is 16.4. The maximum absolute atomic E-state index is 5.74. The Bertz CT molecular complexity index is 419. The van der Waals surface area contributed by atoms with Gasteiger partial charge in [0.2, 0.25) is 0 Å². The second kappa shape index (κ2) is 10.1. The van der Waals surface area contributed by atoms with Crippen LogP contribution in [-0.4, -0.2) is 29.1 Å². The first-order valence-corrected chi connectivity index (χ1v) is 7.38. The van der Waals surface area contributed by atoms with Gasteiger partial charge < -0.3 is 16.4 Å². The molecule has 0 saturated heterocycles. The molecule has 0 aliphatic rings. The van der Waals surface area contributed by atoms with Crippen LogP contribution in [0.25, 0.3) is 0 Å². The highest BCUT2D eigenvalue weighted by Crippen LogP contribution is 1.94. The average molecular weight is 293 g/mol. The van der Waals surface area contributed by atoms with Gasteiger partial charge in [0, 0.05) is 31.4 Å². The van der Waals surface area contributed by atoms with Crippen LogP contribution in [0.3, 0.4) is 0 Å². The van der Waals surface area contributed by atoms with E-state index in [1.807, 2.05) is 18.2 Å². The van der Waals surface area contributed by atoms with Gasteiger partial charge in [-0.05, 0) is 30.8 Å². The standard InChI is InChI=1S/C14H23N5S/c1-2-3-5-10-17-13(15)19-14(20)18-11-8-12-7-4-6-9-16-12/h4,6-7,9H,2-3,5,8,10-11H2,1H3,(H4,15,17,18,19,20). The summed E-state index contributed by atoms with van der Waals surface area (Å²) in [6, 6.07) is 5.86. The van der Waals surface area contributed by atoms with Crippen LogP contribution >= 0.6 is 12.2 Å².